The molecule has 2 aromatic heterocycles. The molecule has 24 heavy (non-hydrogen) atoms. The van der Waals surface area contributed by atoms with Gasteiger partial charge in [0.1, 0.15) is 11.6 Å². The molecule has 0 atom stereocenters. The van der Waals surface area contributed by atoms with Crippen LogP contribution < -0.4 is 9.64 Å². The van der Waals surface area contributed by atoms with E-state index < -0.39 is 0 Å². The van der Waals surface area contributed by atoms with Crippen molar-refractivity contribution in [3.05, 3.63) is 42.7 Å². The standard InChI is InChI=1S/C19H20N4O/c1-24-15-5-3-14(4-6-15)16-11-22-10-7-17(21-18(22)20-16)23-12-19(13-23)8-2-9-19/h3-7,10-11H,2,8-9,12-13H2,1H3. The molecule has 5 rings (SSSR count). The summed E-state index contributed by atoms with van der Waals surface area (Å²) in [6, 6.07) is 10.1. The zero-order valence-electron chi connectivity index (χ0n) is 13.8. The van der Waals surface area contributed by atoms with Crippen LogP contribution in [0.5, 0.6) is 5.75 Å². The Morgan fingerprint density at radius 2 is 1.83 bits per heavy atom. The number of fused-ring (bicyclic) bond motifs is 1. The third kappa shape index (κ3) is 2.08. The van der Waals surface area contributed by atoms with Crippen molar-refractivity contribution in [2.24, 2.45) is 5.41 Å². The van der Waals surface area contributed by atoms with Crippen LogP contribution in [0.2, 0.25) is 0 Å². The number of rotatable bonds is 3. The summed E-state index contributed by atoms with van der Waals surface area (Å²) in [5.74, 6) is 2.66. The van der Waals surface area contributed by atoms with Crippen LogP contribution >= 0.6 is 0 Å². The van der Waals surface area contributed by atoms with Gasteiger partial charge in [0, 0.05) is 36.5 Å². The number of anilines is 1. The van der Waals surface area contributed by atoms with Crippen molar-refractivity contribution in [1.82, 2.24) is 14.4 Å². The molecular formula is C19H20N4O. The van der Waals surface area contributed by atoms with E-state index in [0.29, 0.717) is 5.41 Å². The molecule has 1 aliphatic carbocycles. The number of nitrogens with zero attached hydrogens (tertiary/aromatic N) is 4. The van der Waals surface area contributed by atoms with Gasteiger partial charge in [-0.3, -0.25) is 4.40 Å². The lowest BCUT2D eigenvalue weighted by molar-refractivity contribution is 0.0897. The molecule has 5 heteroatoms. The molecule has 0 N–H and O–H groups in total. The Morgan fingerprint density at radius 3 is 2.50 bits per heavy atom. The highest BCUT2D eigenvalue weighted by molar-refractivity contribution is 5.63. The van der Waals surface area contributed by atoms with Gasteiger partial charge >= 0.3 is 0 Å². The number of methoxy groups -OCH3 is 1. The van der Waals surface area contributed by atoms with Crippen LogP contribution in [-0.2, 0) is 0 Å². The summed E-state index contributed by atoms with van der Waals surface area (Å²) in [6.45, 7) is 2.31. The van der Waals surface area contributed by atoms with E-state index in [0.717, 1.165) is 41.7 Å². The van der Waals surface area contributed by atoms with Crippen molar-refractivity contribution in [3.63, 3.8) is 0 Å². The molecular weight excluding hydrogens is 300 g/mol. The van der Waals surface area contributed by atoms with Crippen LogP contribution in [0.1, 0.15) is 19.3 Å². The number of ether oxygens (including phenoxy) is 1. The van der Waals surface area contributed by atoms with Crippen molar-refractivity contribution in [2.75, 3.05) is 25.1 Å². The Hall–Kier alpha value is -2.56. The SMILES string of the molecule is COc1ccc(-c2cn3ccc(N4CC5(CCC5)C4)nc3n2)cc1. The summed E-state index contributed by atoms with van der Waals surface area (Å²) in [5, 5.41) is 0. The van der Waals surface area contributed by atoms with E-state index in [2.05, 4.69) is 17.2 Å². The van der Waals surface area contributed by atoms with Gasteiger partial charge in [-0.15, -0.1) is 0 Å². The first kappa shape index (κ1) is 13.8. The summed E-state index contributed by atoms with van der Waals surface area (Å²) in [6.07, 6.45) is 8.25. The highest BCUT2D eigenvalue weighted by Gasteiger charge is 2.47. The zero-order valence-corrected chi connectivity index (χ0v) is 13.8. The average molecular weight is 320 g/mol. The summed E-state index contributed by atoms with van der Waals surface area (Å²) in [4.78, 5) is 11.8. The van der Waals surface area contributed by atoms with Gasteiger partial charge in [-0.05, 0) is 43.2 Å². The molecule has 1 saturated heterocycles. The van der Waals surface area contributed by atoms with Gasteiger partial charge in [0.2, 0.25) is 5.78 Å². The lowest BCUT2D eigenvalue weighted by Gasteiger charge is -2.56. The minimum atomic E-state index is 0.609. The fraction of sp³-hybridized carbons (Fsp3) is 0.368. The average Bonchev–Trinajstić information content (AvgIpc) is 2.95. The molecule has 5 nitrogen and oxygen atoms in total. The van der Waals surface area contributed by atoms with Crippen molar-refractivity contribution in [2.45, 2.75) is 19.3 Å². The summed E-state index contributed by atoms with van der Waals surface area (Å²) in [5.41, 5.74) is 2.61. The van der Waals surface area contributed by atoms with Gasteiger partial charge in [0.15, 0.2) is 0 Å². The highest BCUT2D eigenvalue weighted by atomic mass is 16.5. The van der Waals surface area contributed by atoms with Gasteiger partial charge in [0.25, 0.3) is 0 Å². The van der Waals surface area contributed by atoms with E-state index in [1.54, 1.807) is 7.11 Å². The Kier molecular flexibility index (Phi) is 2.86. The van der Waals surface area contributed by atoms with E-state index in [1.807, 2.05) is 34.9 Å². The van der Waals surface area contributed by atoms with Gasteiger partial charge in [-0.25, -0.2) is 4.98 Å². The van der Waals surface area contributed by atoms with E-state index in [1.165, 1.54) is 19.3 Å². The van der Waals surface area contributed by atoms with Crippen molar-refractivity contribution in [3.8, 4) is 17.0 Å². The minimum absolute atomic E-state index is 0.609. The van der Waals surface area contributed by atoms with Crippen LogP contribution in [0.4, 0.5) is 5.82 Å². The van der Waals surface area contributed by atoms with E-state index >= 15 is 0 Å². The first-order valence-electron chi connectivity index (χ1n) is 8.50. The number of aromatic nitrogens is 3. The molecule has 0 bridgehead atoms. The van der Waals surface area contributed by atoms with Gasteiger partial charge < -0.3 is 9.64 Å². The van der Waals surface area contributed by atoms with Crippen LogP contribution in [-0.4, -0.2) is 34.6 Å². The van der Waals surface area contributed by atoms with Crippen LogP contribution in [0.15, 0.2) is 42.7 Å². The molecule has 1 aromatic carbocycles. The lowest BCUT2D eigenvalue weighted by Crippen LogP contribution is -2.60. The predicted molar refractivity (Wildman–Crippen MR) is 93.5 cm³/mol. The van der Waals surface area contributed by atoms with Crippen molar-refractivity contribution < 1.29 is 4.74 Å². The Balaban J connectivity index is 1.43. The molecule has 122 valence electrons. The van der Waals surface area contributed by atoms with Gasteiger partial charge in [0.05, 0.1) is 12.8 Å². The van der Waals surface area contributed by atoms with Crippen LogP contribution in [0, 0.1) is 5.41 Å². The number of imidazole rings is 1. The maximum atomic E-state index is 5.21. The third-order valence-electron chi connectivity index (χ3n) is 5.49. The largest absolute Gasteiger partial charge is 0.497 e. The zero-order chi connectivity index (χ0) is 16.1. The molecule has 1 spiro atoms. The molecule has 2 aliphatic rings. The molecule has 0 unspecified atom stereocenters. The summed E-state index contributed by atoms with van der Waals surface area (Å²) in [7, 11) is 1.68. The normalized spacial score (nSPS) is 18.5. The number of hydrogen-bond donors (Lipinski definition) is 0. The molecule has 3 heterocycles. The third-order valence-corrected chi connectivity index (χ3v) is 5.49. The second-order valence-corrected chi connectivity index (χ2v) is 7.06. The van der Waals surface area contributed by atoms with Gasteiger partial charge in [-0.1, -0.05) is 6.42 Å². The van der Waals surface area contributed by atoms with E-state index in [-0.39, 0.29) is 0 Å². The fourth-order valence-electron chi connectivity index (χ4n) is 3.86. The van der Waals surface area contributed by atoms with Crippen LogP contribution in [0.25, 0.3) is 17.0 Å². The Bertz CT molecular complexity index is 887. The molecule has 1 aliphatic heterocycles. The number of hydrogen-bond acceptors (Lipinski definition) is 4. The van der Waals surface area contributed by atoms with Crippen LogP contribution in [0.3, 0.4) is 0 Å². The molecule has 0 amide bonds. The Labute approximate surface area is 140 Å². The number of benzene rings is 1. The van der Waals surface area contributed by atoms with Crippen molar-refractivity contribution in [1.29, 1.82) is 0 Å². The second-order valence-electron chi connectivity index (χ2n) is 7.06. The summed E-state index contributed by atoms with van der Waals surface area (Å²) >= 11 is 0. The topological polar surface area (TPSA) is 42.7 Å². The van der Waals surface area contributed by atoms with Crippen molar-refractivity contribution >= 4 is 11.6 Å². The fourth-order valence-corrected chi connectivity index (χ4v) is 3.86. The predicted octanol–water partition coefficient (Wildman–Crippen LogP) is 3.40. The lowest BCUT2D eigenvalue weighted by atomic mass is 9.63. The molecule has 3 aromatic rings. The minimum Gasteiger partial charge on any atom is -0.497 e. The molecule has 1 saturated carbocycles. The highest BCUT2D eigenvalue weighted by Crippen LogP contribution is 2.49. The summed E-state index contributed by atoms with van der Waals surface area (Å²) < 4.78 is 7.20. The quantitative estimate of drug-likeness (QED) is 0.742. The molecule has 2 fully saturated rings. The first-order valence-corrected chi connectivity index (χ1v) is 8.50. The monoisotopic (exact) mass is 320 g/mol. The van der Waals surface area contributed by atoms with E-state index in [4.69, 9.17) is 14.7 Å². The first-order chi connectivity index (χ1) is 11.7. The second kappa shape index (κ2) is 4.97. The maximum Gasteiger partial charge on any atom is 0.236 e. The smallest absolute Gasteiger partial charge is 0.236 e. The maximum absolute atomic E-state index is 5.21. The Morgan fingerprint density at radius 1 is 1.04 bits per heavy atom. The van der Waals surface area contributed by atoms with E-state index in [9.17, 15) is 0 Å². The van der Waals surface area contributed by atoms with Gasteiger partial charge in [-0.2, -0.15) is 4.98 Å². The molecule has 0 radical (unpaired) electrons.